The zero-order chi connectivity index (χ0) is 65.1. The Morgan fingerprint density at radius 3 is 0.291 bits per heavy atom. The van der Waals surface area contributed by atoms with Crippen LogP contribution in [0.25, 0.3) is 0 Å². The summed E-state index contributed by atoms with van der Waals surface area (Å²) in [4.78, 5) is 71.4. The second-order valence-electron chi connectivity index (χ2n) is 15.1. The molecule has 0 unspecified atom stereocenters. The van der Waals surface area contributed by atoms with Gasteiger partial charge in [-0.25, -0.2) is 0 Å². The fourth-order valence-corrected chi connectivity index (χ4v) is 5.05. The predicted octanol–water partition coefficient (Wildman–Crippen LogP) is -6.21. The summed E-state index contributed by atoms with van der Waals surface area (Å²) in [7, 11) is 0. The maximum atomic E-state index is 10.2. The summed E-state index contributed by atoms with van der Waals surface area (Å²) in [6.45, 7) is 0. The van der Waals surface area contributed by atoms with E-state index in [0.717, 1.165) is 84.9 Å². The molecule has 0 radical (unpaired) electrons. The third-order valence-corrected chi connectivity index (χ3v) is 9.14. The van der Waals surface area contributed by atoms with Crippen LogP contribution in [0.2, 0.25) is 0 Å². The molecule has 7 aromatic rings. The minimum absolute atomic E-state index is 0. The molecule has 0 spiro atoms. The number of benzene rings is 7. The molecule has 7 rings (SSSR count). The summed E-state index contributed by atoms with van der Waals surface area (Å²) in [6, 6.07) is 10.9. The molecule has 0 atom stereocenters. The second-order valence-corrected chi connectivity index (χ2v) is 15.1. The van der Waals surface area contributed by atoms with Gasteiger partial charge >= 0.3 is 41.5 Å². The number of hydrogen-bond donors (Lipinski definition) is 21. The first-order chi connectivity index (χ1) is 38.6. The van der Waals surface area contributed by atoms with Gasteiger partial charge in [-0.1, -0.05) is 0 Å². The Morgan fingerprint density at radius 2 is 0.244 bits per heavy atom. The first-order valence-electron chi connectivity index (χ1n) is 20.9. The van der Waals surface area contributed by atoms with Gasteiger partial charge in [-0.15, -0.1) is 0 Å². The molecule has 448 valence electrons. The van der Waals surface area contributed by atoms with E-state index in [-0.39, 0.29) is 41.5 Å². The van der Waals surface area contributed by atoms with E-state index in [1.807, 2.05) is 0 Å². The van der Waals surface area contributed by atoms with Gasteiger partial charge in [0.15, 0.2) is 121 Å². The molecule has 0 aliphatic heterocycles. The van der Waals surface area contributed by atoms with E-state index >= 15 is 0 Å². The average molecular weight is 1300 g/mol. The predicted molar refractivity (Wildman–Crippen MR) is 256 cm³/mol. The van der Waals surface area contributed by atoms with Gasteiger partial charge < -0.3 is 177 Å². The van der Waals surface area contributed by atoms with Crippen LogP contribution >= 0.6 is 0 Å². The molecule has 0 amide bonds. The summed E-state index contributed by atoms with van der Waals surface area (Å²) in [5.41, 5.74) is -2.80. The zero-order valence-corrected chi connectivity index (χ0v) is 45.8. The molecule has 86 heavy (non-hydrogen) atoms. The number of phenols is 21. The number of carboxylic acids is 7. The number of hydrogen-bond acceptors (Lipinski definition) is 35. The monoisotopic (exact) mass is 1300 g/mol. The average Bonchev–Trinajstić information content (AvgIpc) is 3.40. The fourth-order valence-electron chi connectivity index (χ4n) is 5.05. The van der Waals surface area contributed by atoms with E-state index in [1.54, 1.807) is 0 Å². The van der Waals surface area contributed by atoms with Crippen molar-refractivity contribution in [2.45, 2.75) is 0 Å². The number of rotatable bonds is 7. The Kier molecular flexibility index (Phi) is 29.2. The summed E-state index contributed by atoms with van der Waals surface area (Å²) >= 11 is 0. The van der Waals surface area contributed by atoms with Crippen molar-refractivity contribution >= 4 is 61.6 Å². The van der Waals surface area contributed by atoms with Crippen molar-refractivity contribution in [3.63, 3.8) is 0 Å². The van der Waals surface area contributed by atoms with Gasteiger partial charge in [0, 0.05) is 38.9 Å². The summed E-state index contributed by atoms with van der Waals surface area (Å²) in [6.07, 6.45) is 0. The topological polar surface area (TPSA) is 706 Å². The first-order valence-corrected chi connectivity index (χ1v) is 20.9. The minimum Gasteiger partial charge on any atom is -0.545 e. The van der Waals surface area contributed by atoms with Crippen LogP contribution in [0.4, 0.5) is 0 Å². The smallest absolute Gasteiger partial charge is 0.545 e. The SMILES string of the molecule is O=C([O-])c1cc(O)c(O)c(O)c1.O=C([O-])c1cc(O)c(O)c(O)c1.O=C([O-])c1cc(O)c(O)c(O)c1.O=C([O-])c1cc(O)c(O)c(O)c1.O=C([O-])c1cc(O)c(O)c(O)c1.O=C([O-])c1cc(O)c(O)c(O)c1.O=C([O-])c1cc(O)c(O)c(O)c1.[Ga+3].[Ti+4]. The van der Waals surface area contributed by atoms with Crippen LogP contribution in [0, 0.1) is 0 Å². The quantitative estimate of drug-likeness (QED) is 0.0521. The van der Waals surface area contributed by atoms with Gasteiger partial charge in [-0.05, 0) is 84.9 Å². The number of carbonyl (C=O) groups is 7. The van der Waals surface area contributed by atoms with Crippen molar-refractivity contribution < 1.29 is 198 Å². The Labute approximate surface area is 502 Å². The Bertz CT molecular complexity index is 2830. The van der Waals surface area contributed by atoms with E-state index in [2.05, 4.69) is 0 Å². The van der Waals surface area contributed by atoms with E-state index in [0.29, 0.717) is 0 Å². The van der Waals surface area contributed by atoms with E-state index in [4.69, 9.17) is 107 Å². The van der Waals surface area contributed by atoms with Crippen molar-refractivity contribution in [3.8, 4) is 121 Å². The van der Waals surface area contributed by atoms with Gasteiger partial charge in [-0.2, -0.15) is 0 Å². The Hall–Kier alpha value is -12.0. The Morgan fingerprint density at radius 1 is 0.186 bits per heavy atom. The summed E-state index contributed by atoms with van der Waals surface area (Å²) in [5.74, 6) is -25.8. The van der Waals surface area contributed by atoms with Gasteiger partial charge in [0.25, 0.3) is 0 Å². The van der Waals surface area contributed by atoms with E-state index < -0.39 is 201 Å². The largest absolute Gasteiger partial charge is 4.00 e. The van der Waals surface area contributed by atoms with E-state index in [1.165, 1.54) is 0 Å². The van der Waals surface area contributed by atoms with E-state index in [9.17, 15) is 69.3 Å². The number of carboxylic acid groups (broad SMARTS) is 7. The molecule has 21 N–H and O–H groups in total. The zero-order valence-electron chi connectivity index (χ0n) is 41.8. The third kappa shape index (κ3) is 22.1. The molecule has 0 fully saturated rings. The van der Waals surface area contributed by atoms with Gasteiger partial charge in [0.05, 0.1) is 41.8 Å². The van der Waals surface area contributed by atoms with Crippen LogP contribution in [0.15, 0.2) is 84.9 Å². The van der Waals surface area contributed by atoms with Gasteiger partial charge in [0.2, 0.25) is 0 Å². The van der Waals surface area contributed by atoms with Gasteiger partial charge in [-0.3, -0.25) is 0 Å². The molecule has 35 nitrogen and oxygen atoms in total. The van der Waals surface area contributed by atoms with Crippen LogP contribution in [0.5, 0.6) is 121 Å². The number of aromatic carboxylic acids is 7. The van der Waals surface area contributed by atoms with Crippen molar-refractivity contribution in [1.82, 2.24) is 0 Å². The maximum Gasteiger partial charge on any atom is 4.00 e. The Balaban J connectivity index is 0. The minimum atomic E-state index is -1.54. The summed E-state index contributed by atoms with van der Waals surface area (Å²) < 4.78 is 0. The van der Waals surface area contributed by atoms with Gasteiger partial charge in [0.1, 0.15) is 0 Å². The van der Waals surface area contributed by atoms with Crippen LogP contribution < -0.4 is 35.7 Å². The standard InChI is InChI=1S/7C7H6O5.Ga.Ti/c7*8-4-1-3(7(11)12)2-5(9)6(4)10;;/h7*1-2,8-10H,(H,11,12);;/q;;;;;;;+3;+4/p-7. The molecule has 0 saturated heterocycles. The number of phenolic OH excluding ortho intramolecular Hbond substituents is 21. The van der Waals surface area contributed by atoms with Crippen LogP contribution in [0.1, 0.15) is 72.5 Å². The molecule has 37 heteroatoms. The van der Waals surface area contributed by atoms with Crippen molar-refractivity contribution in [2.75, 3.05) is 0 Å². The first kappa shape index (κ1) is 76.1. The second kappa shape index (κ2) is 33.0. The number of carbonyl (C=O) groups excluding carboxylic acids is 7. The molecule has 0 bridgehead atoms. The third-order valence-electron chi connectivity index (χ3n) is 9.14. The van der Waals surface area contributed by atoms with Crippen molar-refractivity contribution in [2.24, 2.45) is 0 Å². The van der Waals surface area contributed by atoms with Crippen molar-refractivity contribution in [1.29, 1.82) is 0 Å². The molecular weight excluding hydrogens is 1270 g/mol. The van der Waals surface area contributed by atoms with Crippen molar-refractivity contribution in [3.05, 3.63) is 124 Å². The molecule has 0 saturated carbocycles. The molecular formula is C49H35GaO35Ti. The molecule has 0 aliphatic rings. The molecule has 0 aliphatic carbocycles. The summed E-state index contributed by atoms with van der Waals surface area (Å²) in [5, 5.41) is 257. The number of aromatic hydroxyl groups is 21. The maximum absolute atomic E-state index is 10.2. The molecule has 0 heterocycles. The molecule has 0 aromatic heterocycles. The normalized spacial score (nSPS) is 9.44. The van der Waals surface area contributed by atoms with Crippen LogP contribution in [0.3, 0.4) is 0 Å². The van der Waals surface area contributed by atoms with Crippen LogP contribution in [-0.4, -0.2) is 169 Å². The van der Waals surface area contributed by atoms with Crippen LogP contribution in [-0.2, 0) is 21.7 Å². The fraction of sp³-hybridized carbons (Fsp3) is 0. The molecule has 7 aromatic carbocycles.